The van der Waals surface area contributed by atoms with Crippen LogP contribution >= 0.6 is 0 Å². The first-order chi connectivity index (χ1) is 8.61. The second-order valence-corrected chi connectivity index (χ2v) is 5.51. The molecule has 0 spiro atoms. The molecule has 1 aromatic rings. The smallest absolute Gasteiger partial charge is 0.323 e. The average molecular weight is 271 g/mol. The van der Waals surface area contributed by atoms with Crippen LogP contribution in [0.15, 0.2) is 12.1 Å². The molecule has 0 saturated carbocycles. The number of carbonyl (C=O) groups excluding carboxylic acids is 1. The van der Waals surface area contributed by atoms with Crippen LogP contribution in [0.3, 0.4) is 0 Å². The quantitative estimate of drug-likeness (QED) is 0.859. The minimum absolute atomic E-state index is 0.0708. The molecule has 0 heterocycles. The van der Waals surface area contributed by atoms with Crippen LogP contribution in [0.1, 0.15) is 31.9 Å². The molecule has 0 fully saturated rings. The van der Waals surface area contributed by atoms with Crippen LogP contribution in [-0.4, -0.2) is 17.6 Å². The van der Waals surface area contributed by atoms with Gasteiger partial charge in [0.1, 0.15) is 11.6 Å². The Labute approximate surface area is 111 Å². The predicted molar refractivity (Wildman–Crippen MR) is 68.6 cm³/mol. The summed E-state index contributed by atoms with van der Waals surface area (Å²) in [7, 11) is 0. The first-order valence-corrected chi connectivity index (χ1v) is 6.03. The highest BCUT2D eigenvalue weighted by Crippen LogP contribution is 2.17. The number of carbonyl (C=O) groups is 1. The van der Waals surface area contributed by atoms with Crippen molar-refractivity contribution in [1.29, 1.82) is 0 Å². The molecular formula is C14H19F2NO2. The zero-order valence-corrected chi connectivity index (χ0v) is 11.6. The highest BCUT2D eigenvalue weighted by molar-refractivity contribution is 5.76. The molecule has 0 aliphatic carbocycles. The average Bonchev–Trinajstić information content (AvgIpc) is 2.27. The van der Waals surface area contributed by atoms with E-state index in [0.717, 1.165) is 0 Å². The van der Waals surface area contributed by atoms with Gasteiger partial charge in [-0.15, -0.1) is 0 Å². The molecule has 19 heavy (non-hydrogen) atoms. The van der Waals surface area contributed by atoms with Crippen molar-refractivity contribution in [2.75, 3.05) is 0 Å². The third-order valence-corrected chi connectivity index (χ3v) is 2.50. The van der Waals surface area contributed by atoms with Crippen molar-refractivity contribution in [2.45, 2.75) is 45.8 Å². The lowest BCUT2D eigenvalue weighted by Gasteiger charge is -2.22. The van der Waals surface area contributed by atoms with E-state index in [2.05, 4.69) is 0 Å². The fourth-order valence-electron chi connectivity index (χ4n) is 1.54. The normalized spacial score (nSPS) is 13.2. The molecular weight excluding hydrogens is 252 g/mol. The van der Waals surface area contributed by atoms with Crippen LogP contribution in [0, 0.1) is 18.6 Å². The van der Waals surface area contributed by atoms with Crippen molar-refractivity contribution in [3.8, 4) is 0 Å². The molecule has 106 valence electrons. The summed E-state index contributed by atoms with van der Waals surface area (Å²) in [5.74, 6) is -2.50. The molecule has 0 saturated heterocycles. The van der Waals surface area contributed by atoms with Gasteiger partial charge in [0.25, 0.3) is 0 Å². The Morgan fingerprint density at radius 3 is 2.42 bits per heavy atom. The van der Waals surface area contributed by atoms with Gasteiger partial charge in [-0.2, -0.15) is 0 Å². The second kappa shape index (κ2) is 5.65. The minimum atomic E-state index is -1.02. The molecule has 5 heteroatoms. The van der Waals surface area contributed by atoms with Gasteiger partial charge in [-0.3, -0.25) is 4.79 Å². The van der Waals surface area contributed by atoms with Crippen LogP contribution < -0.4 is 5.73 Å². The third-order valence-electron chi connectivity index (χ3n) is 2.50. The highest BCUT2D eigenvalue weighted by atomic mass is 19.2. The lowest BCUT2D eigenvalue weighted by Crippen LogP contribution is -2.39. The first kappa shape index (κ1) is 15.6. The molecule has 0 radical (unpaired) electrons. The Morgan fingerprint density at radius 2 is 1.89 bits per heavy atom. The third kappa shape index (κ3) is 4.28. The maximum absolute atomic E-state index is 13.6. The predicted octanol–water partition coefficient (Wildman–Crippen LogP) is 2.48. The number of benzene rings is 1. The Balaban J connectivity index is 2.80. The zero-order chi connectivity index (χ0) is 14.8. The van der Waals surface area contributed by atoms with Crippen molar-refractivity contribution in [1.82, 2.24) is 0 Å². The van der Waals surface area contributed by atoms with E-state index in [-0.39, 0.29) is 17.5 Å². The molecule has 1 aromatic carbocycles. The van der Waals surface area contributed by atoms with Gasteiger partial charge < -0.3 is 10.5 Å². The molecule has 0 aromatic heterocycles. The summed E-state index contributed by atoms with van der Waals surface area (Å²) in [6, 6.07) is 1.86. The van der Waals surface area contributed by atoms with E-state index in [4.69, 9.17) is 10.5 Å². The molecule has 0 aliphatic rings. The number of nitrogens with two attached hydrogens (primary N) is 1. The van der Waals surface area contributed by atoms with Gasteiger partial charge in [-0.1, -0.05) is 12.1 Å². The summed E-state index contributed by atoms with van der Waals surface area (Å²) in [6.45, 7) is 6.60. The molecule has 0 aliphatic heterocycles. The van der Waals surface area contributed by atoms with E-state index < -0.39 is 29.2 Å². The summed E-state index contributed by atoms with van der Waals surface area (Å²) in [4.78, 5) is 11.7. The van der Waals surface area contributed by atoms with Gasteiger partial charge >= 0.3 is 5.97 Å². The summed E-state index contributed by atoms with van der Waals surface area (Å²) < 4.78 is 32.1. The summed E-state index contributed by atoms with van der Waals surface area (Å²) in [5.41, 5.74) is 5.27. The van der Waals surface area contributed by atoms with Crippen LogP contribution in [0.25, 0.3) is 0 Å². The Morgan fingerprint density at radius 1 is 1.32 bits per heavy atom. The molecule has 1 rings (SSSR count). The largest absolute Gasteiger partial charge is 0.459 e. The lowest BCUT2D eigenvalue weighted by atomic mass is 10.0. The van der Waals surface area contributed by atoms with Gasteiger partial charge in [0.2, 0.25) is 0 Å². The van der Waals surface area contributed by atoms with Crippen molar-refractivity contribution >= 4 is 5.97 Å². The number of halogens is 2. The molecule has 0 unspecified atom stereocenters. The first-order valence-electron chi connectivity index (χ1n) is 6.03. The number of esters is 1. The number of aryl methyl sites for hydroxylation is 1. The topological polar surface area (TPSA) is 52.3 Å². The van der Waals surface area contributed by atoms with E-state index in [9.17, 15) is 13.6 Å². The Hall–Kier alpha value is -1.49. The second-order valence-electron chi connectivity index (χ2n) is 5.51. The van der Waals surface area contributed by atoms with Gasteiger partial charge in [0.05, 0.1) is 0 Å². The number of ether oxygens (including phenoxy) is 1. The van der Waals surface area contributed by atoms with Gasteiger partial charge in [-0.05, 0) is 38.8 Å². The van der Waals surface area contributed by atoms with Gasteiger partial charge in [-0.25, -0.2) is 8.78 Å². The van der Waals surface area contributed by atoms with Crippen molar-refractivity contribution < 1.29 is 18.3 Å². The van der Waals surface area contributed by atoms with Crippen molar-refractivity contribution in [2.24, 2.45) is 5.73 Å². The summed E-state index contributed by atoms with van der Waals surface area (Å²) in [5, 5.41) is 0. The van der Waals surface area contributed by atoms with Crippen LogP contribution in [-0.2, 0) is 16.0 Å². The number of rotatable bonds is 3. The standard InChI is InChI=1S/C14H19F2NO2/c1-8-5-6-9(12(16)11(8)15)7-10(17)13(18)19-14(2,3)4/h5-6,10H,7,17H2,1-4H3/t10-/m0/s1. The summed E-state index contributed by atoms with van der Waals surface area (Å²) in [6.07, 6.45) is -0.0993. The minimum Gasteiger partial charge on any atom is -0.459 e. The Bertz CT molecular complexity index is 481. The maximum Gasteiger partial charge on any atom is 0.323 e. The molecule has 0 amide bonds. The monoisotopic (exact) mass is 271 g/mol. The molecule has 0 bridgehead atoms. The fourth-order valence-corrected chi connectivity index (χ4v) is 1.54. The molecule has 1 atom stereocenters. The highest BCUT2D eigenvalue weighted by Gasteiger charge is 2.24. The summed E-state index contributed by atoms with van der Waals surface area (Å²) >= 11 is 0. The zero-order valence-electron chi connectivity index (χ0n) is 11.6. The SMILES string of the molecule is Cc1ccc(C[C@H](N)C(=O)OC(C)(C)C)c(F)c1F. The number of hydrogen-bond donors (Lipinski definition) is 1. The molecule has 3 nitrogen and oxygen atoms in total. The van der Waals surface area contributed by atoms with E-state index in [1.54, 1.807) is 20.8 Å². The molecule has 2 N–H and O–H groups in total. The van der Waals surface area contributed by atoms with Gasteiger partial charge in [0.15, 0.2) is 11.6 Å². The fraction of sp³-hybridized carbons (Fsp3) is 0.500. The lowest BCUT2D eigenvalue weighted by molar-refractivity contribution is -0.156. The van der Waals surface area contributed by atoms with E-state index in [1.807, 2.05) is 0 Å². The van der Waals surface area contributed by atoms with E-state index in [1.165, 1.54) is 19.1 Å². The van der Waals surface area contributed by atoms with Crippen molar-refractivity contribution in [3.63, 3.8) is 0 Å². The van der Waals surface area contributed by atoms with E-state index in [0.29, 0.717) is 0 Å². The van der Waals surface area contributed by atoms with Gasteiger partial charge in [0, 0.05) is 6.42 Å². The van der Waals surface area contributed by atoms with E-state index >= 15 is 0 Å². The van der Waals surface area contributed by atoms with Crippen molar-refractivity contribution in [3.05, 3.63) is 34.9 Å². The number of hydrogen-bond acceptors (Lipinski definition) is 3. The van der Waals surface area contributed by atoms with Crippen LogP contribution in [0.2, 0.25) is 0 Å². The van der Waals surface area contributed by atoms with Crippen LogP contribution in [0.5, 0.6) is 0 Å². The maximum atomic E-state index is 13.6. The van der Waals surface area contributed by atoms with Crippen LogP contribution in [0.4, 0.5) is 8.78 Å². The Kier molecular flexibility index (Phi) is 4.63.